The van der Waals surface area contributed by atoms with Crippen molar-refractivity contribution in [3.05, 3.63) is 18.2 Å². The molecule has 2 atom stereocenters. The van der Waals surface area contributed by atoms with Gasteiger partial charge in [0.1, 0.15) is 5.82 Å². The monoisotopic (exact) mass is 227 g/mol. The first kappa shape index (κ1) is 11.0. The van der Waals surface area contributed by atoms with Gasteiger partial charge in [0.2, 0.25) is 0 Å². The number of nitrogens with zero attached hydrogens (tertiary/aromatic N) is 2. The fraction of sp³-hybridized carbons (Fsp3) is 0.700. The predicted molar refractivity (Wildman–Crippen MR) is 62.0 cm³/mol. The van der Waals surface area contributed by atoms with E-state index in [0.717, 1.165) is 30.4 Å². The molecule has 0 aliphatic carbocycles. The molecular weight excluding hydrogens is 210 g/mol. The number of hydrogen-bond donors (Lipinski definition) is 1. The third-order valence-electron chi connectivity index (χ3n) is 2.66. The lowest BCUT2D eigenvalue weighted by Gasteiger charge is -2.27. The van der Waals surface area contributed by atoms with Crippen molar-refractivity contribution in [3.63, 3.8) is 0 Å². The van der Waals surface area contributed by atoms with Crippen molar-refractivity contribution in [3.8, 4) is 0 Å². The maximum Gasteiger partial charge on any atom is 0.110 e. The van der Waals surface area contributed by atoms with E-state index in [1.54, 1.807) is 6.20 Å². The van der Waals surface area contributed by atoms with Crippen LogP contribution >= 0.6 is 11.8 Å². The summed E-state index contributed by atoms with van der Waals surface area (Å²) in [5.41, 5.74) is 6.12. The maximum atomic E-state index is 6.12. The van der Waals surface area contributed by atoms with E-state index in [-0.39, 0.29) is 12.1 Å². The zero-order valence-corrected chi connectivity index (χ0v) is 9.74. The molecule has 1 saturated heterocycles. The van der Waals surface area contributed by atoms with Gasteiger partial charge in [-0.15, -0.1) is 0 Å². The van der Waals surface area contributed by atoms with Crippen LogP contribution in [0.3, 0.4) is 0 Å². The van der Waals surface area contributed by atoms with Crippen molar-refractivity contribution in [1.29, 1.82) is 0 Å². The summed E-state index contributed by atoms with van der Waals surface area (Å²) in [6.45, 7) is 0.823. The molecule has 0 amide bonds. The number of ether oxygens (including phenoxy) is 1. The Bertz CT molecular complexity index is 309. The SMILES string of the molecule is Cn1ccnc1CC(N)C1CSCCO1. The molecule has 15 heavy (non-hydrogen) atoms. The van der Waals surface area contributed by atoms with E-state index in [1.807, 2.05) is 29.6 Å². The standard InChI is InChI=1S/C10H17N3OS/c1-13-3-2-12-10(13)6-8(11)9-7-15-5-4-14-9/h2-3,8-9H,4-7,11H2,1H3. The van der Waals surface area contributed by atoms with Crippen molar-refractivity contribution in [2.45, 2.75) is 18.6 Å². The highest BCUT2D eigenvalue weighted by molar-refractivity contribution is 7.99. The van der Waals surface area contributed by atoms with Crippen molar-refractivity contribution in [2.75, 3.05) is 18.1 Å². The molecular formula is C10H17N3OS. The van der Waals surface area contributed by atoms with E-state index < -0.39 is 0 Å². The minimum absolute atomic E-state index is 0.0545. The van der Waals surface area contributed by atoms with Crippen LogP contribution in [0.4, 0.5) is 0 Å². The Morgan fingerprint density at radius 1 is 1.80 bits per heavy atom. The van der Waals surface area contributed by atoms with Crippen LogP contribution in [-0.2, 0) is 18.2 Å². The van der Waals surface area contributed by atoms with Gasteiger partial charge in [-0.2, -0.15) is 11.8 Å². The van der Waals surface area contributed by atoms with Gasteiger partial charge in [0, 0.05) is 43.4 Å². The topological polar surface area (TPSA) is 53.1 Å². The van der Waals surface area contributed by atoms with Gasteiger partial charge in [0.25, 0.3) is 0 Å². The summed E-state index contributed by atoms with van der Waals surface area (Å²) in [5, 5.41) is 0. The summed E-state index contributed by atoms with van der Waals surface area (Å²) >= 11 is 1.92. The summed E-state index contributed by atoms with van der Waals surface area (Å²) in [5.74, 6) is 3.12. The first-order valence-corrected chi connectivity index (χ1v) is 6.34. The second-order valence-corrected chi connectivity index (χ2v) is 4.96. The summed E-state index contributed by atoms with van der Waals surface area (Å²) in [7, 11) is 1.99. The molecule has 1 aromatic heterocycles. The number of aromatic nitrogens is 2. The highest BCUT2D eigenvalue weighted by Gasteiger charge is 2.22. The van der Waals surface area contributed by atoms with Gasteiger partial charge in [-0.05, 0) is 0 Å². The van der Waals surface area contributed by atoms with Gasteiger partial charge in [0.05, 0.1) is 12.7 Å². The third-order valence-corrected chi connectivity index (χ3v) is 3.68. The Labute approximate surface area is 94.2 Å². The Morgan fingerprint density at radius 3 is 3.27 bits per heavy atom. The van der Waals surface area contributed by atoms with Gasteiger partial charge in [-0.3, -0.25) is 0 Å². The van der Waals surface area contributed by atoms with Crippen LogP contribution in [0.25, 0.3) is 0 Å². The predicted octanol–water partition coefficient (Wildman–Crippen LogP) is 0.422. The average Bonchev–Trinajstić information content (AvgIpc) is 2.66. The van der Waals surface area contributed by atoms with Crippen LogP contribution in [-0.4, -0.2) is 39.8 Å². The highest BCUT2D eigenvalue weighted by Crippen LogP contribution is 2.16. The molecule has 1 fully saturated rings. The lowest BCUT2D eigenvalue weighted by molar-refractivity contribution is 0.0566. The number of hydrogen-bond acceptors (Lipinski definition) is 4. The first-order chi connectivity index (χ1) is 7.27. The largest absolute Gasteiger partial charge is 0.375 e. The molecule has 0 radical (unpaired) electrons. The Balaban J connectivity index is 1.91. The molecule has 4 nitrogen and oxygen atoms in total. The fourth-order valence-corrected chi connectivity index (χ4v) is 2.65. The number of thioether (sulfide) groups is 1. The number of imidazole rings is 1. The van der Waals surface area contributed by atoms with Crippen LogP contribution in [0.5, 0.6) is 0 Å². The summed E-state index contributed by atoms with van der Waals surface area (Å²) in [6, 6.07) is 0.0545. The first-order valence-electron chi connectivity index (χ1n) is 5.18. The van der Waals surface area contributed by atoms with E-state index in [9.17, 15) is 0 Å². The van der Waals surface area contributed by atoms with Crippen LogP contribution < -0.4 is 5.73 Å². The quantitative estimate of drug-likeness (QED) is 0.813. The molecule has 1 aromatic rings. The van der Waals surface area contributed by atoms with Gasteiger partial charge in [0.15, 0.2) is 0 Å². The van der Waals surface area contributed by atoms with Crippen molar-refractivity contribution in [1.82, 2.24) is 9.55 Å². The number of rotatable bonds is 3. The Morgan fingerprint density at radius 2 is 2.67 bits per heavy atom. The second-order valence-electron chi connectivity index (χ2n) is 3.81. The molecule has 0 spiro atoms. The number of aryl methyl sites for hydroxylation is 1. The highest BCUT2D eigenvalue weighted by atomic mass is 32.2. The van der Waals surface area contributed by atoms with Crippen LogP contribution in [0.15, 0.2) is 12.4 Å². The smallest absolute Gasteiger partial charge is 0.110 e. The van der Waals surface area contributed by atoms with Crippen molar-refractivity contribution >= 4 is 11.8 Å². The molecule has 2 unspecified atom stereocenters. The van der Waals surface area contributed by atoms with Crippen molar-refractivity contribution < 1.29 is 4.74 Å². The molecule has 1 aliphatic heterocycles. The summed E-state index contributed by atoms with van der Waals surface area (Å²) in [6.07, 6.45) is 4.71. The summed E-state index contributed by atoms with van der Waals surface area (Å²) in [4.78, 5) is 4.27. The number of nitrogens with two attached hydrogens (primary N) is 1. The minimum Gasteiger partial charge on any atom is -0.375 e. The van der Waals surface area contributed by atoms with Crippen molar-refractivity contribution in [2.24, 2.45) is 12.8 Å². The van der Waals surface area contributed by atoms with Crippen LogP contribution in [0, 0.1) is 0 Å². The van der Waals surface area contributed by atoms with Crippen LogP contribution in [0.2, 0.25) is 0 Å². The molecule has 2 N–H and O–H groups in total. The van der Waals surface area contributed by atoms with Gasteiger partial charge < -0.3 is 15.0 Å². The van der Waals surface area contributed by atoms with Gasteiger partial charge >= 0.3 is 0 Å². The Kier molecular flexibility index (Phi) is 3.66. The fourth-order valence-electron chi connectivity index (χ4n) is 1.69. The lowest BCUT2D eigenvalue weighted by atomic mass is 10.1. The van der Waals surface area contributed by atoms with E-state index in [1.165, 1.54) is 0 Å². The lowest BCUT2D eigenvalue weighted by Crippen LogP contribution is -2.43. The zero-order chi connectivity index (χ0) is 10.7. The maximum absolute atomic E-state index is 6.12. The van der Waals surface area contributed by atoms with Gasteiger partial charge in [-0.1, -0.05) is 0 Å². The Hall–Kier alpha value is -0.520. The molecule has 0 aromatic carbocycles. The molecule has 2 heterocycles. The van der Waals surface area contributed by atoms with E-state index in [4.69, 9.17) is 10.5 Å². The molecule has 0 bridgehead atoms. The second kappa shape index (κ2) is 5.01. The molecule has 84 valence electrons. The van der Waals surface area contributed by atoms with E-state index >= 15 is 0 Å². The third kappa shape index (κ3) is 2.74. The normalized spacial score (nSPS) is 24.0. The minimum atomic E-state index is 0.0545. The average molecular weight is 227 g/mol. The molecule has 1 aliphatic rings. The van der Waals surface area contributed by atoms with E-state index in [2.05, 4.69) is 4.98 Å². The molecule has 2 rings (SSSR count). The molecule has 0 saturated carbocycles. The molecule has 5 heteroatoms. The van der Waals surface area contributed by atoms with E-state index in [0.29, 0.717) is 0 Å². The zero-order valence-electron chi connectivity index (χ0n) is 8.93. The van der Waals surface area contributed by atoms with Crippen LogP contribution in [0.1, 0.15) is 5.82 Å². The summed E-state index contributed by atoms with van der Waals surface area (Å²) < 4.78 is 7.66. The van der Waals surface area contributed by atoms with Gasteiger partial charge in [-0.25, -0.2) is 4.98 Å².